The van der Waals surface area contributed by atoms with Crippen LogP contribution in [0.5, 0.6) is 5.75 Å². The Hall–Kier alpha value is -1.85. The minimum atomic E-state index is -0.965. The zero-order valence-corrected chi connectivity index (χ0v) is 13.3. The Morgan fingerprint density at radius 3 is 2.86 bits per heavy atom. The maximum Gasteiger partial charge on any atom is 0.335 e. The third kappa shape index (κ3) is 2.94. The summed E-state index contributed by atoms with van der Waals surface area (Å²) in [4.78, 5) is 11.0. The summed E-state index contributed by atoms with van der Waals surface area (Å²) in [6, 6.07) is 12.9. The quantitative estimate of drug-likeness (QED) is 0.714. The summed E-state index contributed by atoms with van der Waals surface area (Å²) in [5, 5.41) is 12.3. The summed E-state index contributed by atoms with van der Waals surface area (Å²) < 4.78 is 7.74. The van der Waals surface area contributed by atoms with Crippen LogP contribution in [0.2, 0.25) is 0 Å². The van der Waals surface area contributed by atoms with E-state index >= 15 is 0 Å². The van der Waals surface area contributed by atoms with Crippen LogP contribution in [0.3, 0.4) is 0 Å². The average molecular weight is 363 g/mol. The second-order valence-electron chi connectivity index (χ2n) is 4.50. The molecule has 0 bridgehead atoms. The molecule has 0 atom stereocenters. The van der Waals surface area contributed by atoms with Gasteiger partial charge >= 0.3 is 5.97 Å². The van der Waals surface area contributed by atoms with Crippen LogP contribution in [0.25, 0.3) is 10.1 Å². The van der Waals surface area contributed by atoms with Crippen LogP contribution in [-0.2, 0) is 6.61 Å². The van der Waals surface area contributed by atoms with Crippen molar-refractivity contribution in [3.8, 4) is 5.75 Å². The number of ether oxygens (including phenoxy) is 1. The highest BCUT2D eigenvalue weighted by Gasteiger charge is 2.09. The second-order valence-corrected chi connectivity index (χ2v) is 6.26. The standard InChI is InChI=1S/C16H11BrO3S/c17-13-6-5-10(16(18)19)7-14(13)20-8-11-9-21-15-4-2-1-3-12(11)15/h1-7,9H,8H2,(H,18,19). The van der Waals surface area contributed by atoms with Crippen LogP contribution < -0.4 is 4.74 Å². The van der Waals surface area contributed by atoms with E-state index in [2.05, 4.69) is 33.4 Å². The first kappa shape index (κ1) is 14.1. The lowest BCUT2D eigenvalue weighted by Gasteiger charge is -2.08. The predicted octanol–water partition coefficient (Wildman–Crippen LogP) is 4.94. The molecule has 106 valence electrons. The molecule has 0 saturated carbocycles. The average Bonchev–Trinajstić information content (AvgIpc) is 2.89. The van der Waals surface area contributed by atoms with E-state index in [-0.39, 0.29) is 5.56 Å². The monoisotopic (exact) mass is 362 g/mol. The van der Waals surface area contributed by atoms with Crippen molar-refractivity contribution < 1.29 is 14.6 Å². The van der Waals surface area contributed by atoms with Gasteiger partial charge in [0.05, 0.1) is 10.0 Å². The van der Waals surface area contributed by atoms with Crippen molar-refractivity contribution in [2.24, 2.45) is 0 Å². The molecule has 0 amide bonds. The molecule has 0 aliphatic rings. The lowest BCUT2D eigenvalue weighted by atomic mass is 10.2. The van der Waals surface area contributed by atoms with Gasteiger partial charge in [-0.1, -0.05) is 18.2 Å². The summed E-state index contributed by atoms with van der Waals surface area (Å²) >= 11 is 5.05. The van der Waals surface area contributed by atoms with Gasteiger partial charge in [0.25, 0.3) is 0 Å². The van der Waals surface area contributed by atoms with Crippen LogP contribution in [0, 0.1) is 0 Å². The molecule has 1 N–H and O–H groups in total. The molecule has 21 heavy (non-hydrogen) atoms. The van der Waals surface area contributed by atoms with Gasteiger partial charge < -0.3 is 9.84 Å². The number of carboxylic acid groups (broad SMARTS) is 1. The highest BCUT2D eigenvalue weighted by Crippen LogP contribution is 2.30. The molecule has 0 fully saturated rings. The van der Waals surface area contributed by atoms with E-state index in [0.29, 0.717) is 12.4 Å². The molecular formula is C16H11BrO3S. The van der Waals surface area contributed by atoms with Crippen molar-refractivity contribution in [3.05, 3.63) is 63.4 Å². The molecule has 1 aromatic heterocycles. The number of aromatic carboxylic acids is 1. The van der Waals surface area contributed by atoms with Gasteiger partial charge in [0, 0.05) is 10.3 Å². The molecule has 1 heterocycles. The molecule has 0 radical (unpaired) electrons. The van der Waals surface area contributed by atoms with Gasteiger partial charge in [-0.3, -0.25) is 0 Å². The summed E-state index contributed by atoms with van der Waals surface area (Å²) in [5.74, 6) is -0.432. The zero-order chi connectivity index (χ0) is 14.8. The molecule has 5 heteroatoms. The lowest BCUT2D eigenvalue weighted by molar-refractivity contribution is 0.0696. The highest BCUT2D eigenvalue weighted by molar-refractivity contribution is 9.10. The van der Waals surface area contributed by atoms with Crippen molar-refractivity contribution in [2.45, 2.75) is 6.61 Å². The second kappa shape index (κ2) is 5.87. The van der Waals surface area contributed by atoms with E-state index in [1.807, 2.05) is 12.1 Å². The summed E-state index contributed by atoms with van der Waals surface area (Å²) in [5.41, 5.74) is 1.31. The molecule has 3 aromatic rings. The molecule has 3 rings (SSSR count). The maximum absolute atomic E-state index is 11.0. The van der Waals surface area contributed by atoms with Crippen molar-refractivity contribution in [1.82, 2.24) is 0 Å². The van der Waals surface area contributed by atoms with Crippen LogP contribution in [0.4, 0.5) is 0 Å². The summed E-state index contributed by atoms with van der Waals surface area (Å²) in [6.07, 6.45) is 0. The van der Waals surface area contributed by atoms with E-state index in [0.717, 1.165) is 10.0 Å². The smallest absolute Gasteiger partial charge is 0.335 e. The number of fused-ring (bicyclic) bond motifs is 1. The number of carboxylic acids is 1. The lowest BCUT2D eigenvalue weighted by Crippen LogP contribution is -1.99. The van der Waals surface area contributed by atoms with E-state index in [1.54, 1.807) is 23.5 Å². The van der Waals surface area contributed by atoms with E-state index in [1.165, 1.54) is 16.2 Å². The normalized spacial score (nSPS) is 10.7. The molecule has 0 saturated heterocycles. The molecule has 0 aliphatic carbocycles. The SMILES string of the molecule is O=C(O)c1ccc(Br)c(OCc2csc3ccccc23)c1. The predicted molar refractivity (Wildman–Crippen MR) is 87.3 cm³/mol. The largest absolute Gasteiger partial charge is 0.488 e. The Morgan fingerprint density at radius 2 is 2.05 bits per heavy atom. The van der Waals surface area contributed by atoms with E-state index in [4.69, 9.17) is 9.84 Å². The van der Waals surface area contributed by atoms with Crippen molar-refractivity contribution in [2.75, 3.05) is 0 Å². The Kier molecular flexibility index (Phi) is 3.94. The number of rotatable bonds is 4. The van der Waals surface area contributed by atoms with Gasteiger partial charge in [-0.2, -0.15) is 0 Å². The summed E-state index contributed by atoms with van der Waals surface area (Å²) in [6.45, 7) is 0.408. The fourth-order valence-corrected chi connectivity index (χ4v) is 3.36. The molecule has 2 aromatic carbocycles. The van der Waals surface area contributed by atoms with Gasteiger partial charge in [0.15, 0.2) is 0 Å². The third-order valence-corrected chi connectivity index (χ3v) is 4.79. The fraction of sp³-hybridized carbons (Fsp3) is 0.0625. The topological polar surface area (TPSA) is 46.5 Å². The summed E-state index contributed by atoms with van der Waals surface area (Å²) in [7, 11) is 0. The van der Waals surface area contributed by atoms with Gasteiger partial charge in [0.1, 0.15) is 12.4 Å². The number of thiophene rings is 1. The zero-order valence-electron chi connectivity index (χ0n) is 10.9. The third-order valence-electron chi connectivity index (χ3n) is 3.12. The van der Waals surface area contributed by atoms with Crippen molar-refractivity contribution in [1.29, 1.82) is 0 Å². The molecule has 0 aliphatic heterocycles. The molecule has 0 unspecified atom stereocenters. The van der Waals surface area contributed by atoms with Gasteiger partial charge in [-0.25, -0.2) is 4.79 Å². The number of benzene rings is 2. The number of carbonyl (C=O) groups is 1. The number of hydrogen-bond acceptors (Lipinski definition) is 3. The van der Waals surface area contributed by atoms with Crippen LogP contribution in [-0.4, -0.2) is 11.1 Å². The molecular weight excluding hydrogens is 352 g/mol. The molecule has 0 spiro atoms. The minimum Gasteiger partial charge on any atom is -0.488 e. The highest BCUT2D eigenvalue weighted by atomic mass is 79.9. The van der Waals surface area contributed by atoms with Crippen LogP contribution >= 0.6 is 27.3 Å². The van der Waals surface area contributed by atoms with Gasteiger partial charge in [-0.15, -0.1) is 11.3 Å². The van der Waals surface area contributed by atoms with Crippen LogP contribution in [0.15, 0.2) is 52.3 Å². The van der Waals surface area contributed by atoms with Crippen molar-refractivity contribution in [3.63, 3.8) is 0 Å². The Balaban J connectivity index is 1.84. The first-order valence-corrected chi connectivity index (χ1v) is 7.93. The number of hydrogen-bond donors (Lipinski definition) is 1. The van der Waals surface area contributed by atoms with E-state index < -0.39 is 5.97 Å². The number of halogens is 1. The van der Waals surface area contributed by atoms with Gasteiger partial charge in [0.2, 0.25) is 0 Å². The maximum atomic E-state index is 11.0. The Morgan fingerprint density at radius 1 is 1.24 bits per heavy atom. The Bertz CT molecular complexity index is 810. The van der Waals surface area contributed by atoms with Gasteiger partial charge in [-0.05, 0) is 51.0 Å². The Labute approximate surface area is 133 Å². The first-order valence-electron chi connectivity index (χ1n) is 6.26. The van der Waals surface area contributed by atoms with Crippen molar-refractivity contribution >= 4 is 43.3 Å². The minimum absolute atomic E-state index is 0.211. The van der Waals surface area contributed by atoms with E-state index in [9.17, 15) is 4.79 Å². The molecule has 3 nitrogen and oxygen atoms in total. The van der Waals surface area contributed by atoms with Crippen LogP contribution in [0.1, 0.15) is 15.9 Å². The fourth-order valence-electron chi connectivity index (χ4n) is 2.05. The first-order chi connectivity index (χ1) is 10.1.